The molecule has 0 bridgehead atoms. The van der Waals surface area contributed by atoms with E-state index < -0.39 is 11.6 Å². The van der Waals surface area contributed by atoms with Gasteiger partial charge in [-0.15, -0.1) is 0 Å². The van der Waals surface area contributed by atoms with E-state index in [-0.39, 0.29) is 17.9 Å². The molecule has 2 rings (SSSR count). The summed E-state index contributed by atoms with van der Waals surface area (Å²) in [6.45, 7) is 4.72. The monoisotopic (exact) mass is 282 g/mol. The molecular weight excluding hydrogens is 262 g/mol. The van der Waals surface area contributed by atoms with Gasteiger partial charge in [0, 0.05) is 6.04 Å². The lowest BCUT2D eigenvalue weighted by Gasteiger charge is -2.33. The minimum Gasteiger partial charge on any atom is -0.317 e. The summed E-state index contributed by atoms with van der Waals surface area (Å²) in [5, 5.41) is 3.27. The third-order valence-corrected chi connectivity index (χ3v) is 3.81. The van der Waals surface area contributed by atoms with Crippen molar-refractivity contribution in [3.63, 3.8) is 0 Å². The molecule has 0 spiro atoms. The molecule has 1 N–H and O–H groups in total. The molecule has 110 valence electrons. The molecule has 0 amide bonds. The van der Waals surface area contributed by atoms with Crippen molar-refractivity contribution in [3.8, 4) is 0 Å². The van der Waals surface area contributed by atoms with Crippen LogP contribution in [0.3, 0.4) is 0 Å². The van der Waals surface area contributed by atoms with Gasteiger partial charge in [-0.05, 0) is 50.7 Å². The average molecular weight is 282 g/mol. The minimum atomic E-state index is -0.655. The standard InChI is InChI=1S/C15H20F2N2O/c1-2-19(12-5-7-18-8-6-12)10-15(20)13-9-11(16)3-4-14(13)17/h3-4,9,12,18H,2,5-8,10H2,1H3. The maximum absolute atomic E-state index is 13.6. The number of carbonyl (C=O) groups excluding carboxylic acids is 1. The van der Waals surface area contributed by atoms with Gasteiger partial charge in [0.25, 0.3) is 0 Å². The van der Waals surface area contributed by atoms with Gasteiger partial charge in [-0.1, -0.05) is 6.92 Å². The average Bonchev–Trinajstić information content (AvgIpc) is 2.48. The van der Waals surface area contributed by atoms with Crippen LogP contribution < -0.4 is 5.32 Å². The van der Waals surface area contributed by atoms with E-state index >= 15 is 0 Å². The number of ketones is 1. The van der Waals surface area contributed by atoms with Crippen LogP contribution in [0.4, 0.5) is 8.78 Å². The largest absolute Gasteiger partial charge is 0.317 e. The van der Waals surface area contributed by atoms with E-state index in [0.717, 1.165) is 50.7 Å². The van der Waals surface area contributed by atoms with Crippen molar-refractivity contribution in [3.05, 3.63) is 35.4 Å². The fraction of sp³-hybridized carbons (Fsp3) is 0.533. The predicted molar refractivity (Wildman–Crippen MR) is 73.8 cm³/mol. The highest BCUT2D eigenvalue weighted by molar-refractivity contribution is 5.97. The van der Waals surface area contributed by atoms with Crippen LogP contribution in [-0.4, -0.2) is 42.9 Å². The lowest BCUT2D eigenvalue weighted by atomic mass is 10.0. The van der Waals surface area contributed by atoms with Crippen molar-refractivity contribution in [2.24, 2.45) is 0 Å². The van der Waals surface area contributed by atoms with Crippen molar-refractivity contribution in [1.29, 1.82) is 0 Å². The third kappa shape index (κ3) is 3.61. The van der Waals surface area contributed by atoms with E-state index in [1.807, 2.05) is 11.8 Å². The Morgan fingerprint density at radius 3 is 2.70 bits per heavy atom. The molecule has 0 saturated carbocycles. The molecule has 1 heterocycles. The van der Waals surface area contributed by atoms with Gasteiger partial charge in [-0.3, -0.25) is 9.69 Å². The predicted octanol–water partition coefficient (Wildman–Crippen LogP) is 2.22. The van der Waals surface area contributed by atoms with Gasteiger partial charge in [0.1, 0.15) is 11.6 Å². The van der Waals surface area contributed by atoms with E-state index in [1.54, 1.807) is 0 Å². The molecule has 1 fully saturated rings. The number of benzene rings is 1. The van der Waals surface area contributed by atoms with Gasteiger partial charge in [0.15, 0.2) is 5.78 Å². The molecule has 3 nitrogen and oxygen atoms in total. The van der Waals surface area contributed by atoms with Crippen LogP contribution in [0.25, 0.3) is 0 Å². The smallest absolute Gasteiger partial charge is 0.179 e. The van der Waals surface area contributed by atoms with Crippen molar-refractivity contribution in [1.82, 2.24) is 10.2 Å². The summed E-state index contributed by atoms with van der Waals surface area (Å²) in [5.74, 6) is -1.60. The Kier molecular flexibility index (Phi) is 5.20. The van der Waals surface area contributed by atoms with E-state index in [2.05, 4.69) is 5.32 Å². The Bertz CT molecular complexity index is 473. The SMILES string of the molecule is CCN(CC(=O)c1cc(F)ccc1F)C1CCNCC1. The third-order valence-electron chi connectivity index (χ3n) is 3.81. The number of hydrogen-bond acceptors (Lipinski definition) is 3. The maximum Gasteiger partial charge on any atom is 0.179 e. The number of piperidine rings is 1. The number of nitrogens with one attached hydrogen (secondary N) is 1. The van der Waals surface area contributed by atoms with Gasteiger partial charge in [0.05, 0.1) is 12.1 Å². The number of halogens is 2. The zero-order valence-corrected chi connectivity index (χ0v) is 11.7. The Morgan fingerprint density at radius 1 is 1.35 bits per heavy atom. The zero-order chi connectivity index (χ0) is 14.5. The van der Waals surface area contributed by atoms with Gasteiger partial charge < -0.3 is 5.32 Å². The summed E-state index contributed by atoms with van der Waals surface area (Å²) in [4.78, 5) is 14.2. The summed E-state index contributed by atoms with van der Waals surface area (Å²) in [6, 6.07) is 3.34. The number of likely N-dealkylation sites (N-methyl/N-ethyl adjacent to an activating group) is 1. The van der Waals surface area contributed by atoms with Gasteiger partial charge in [0.2, 0.25) is 0 Å². The lowest BCUT2D eigenvalue weighted by molar-refractivity contribution is 0.0870. The molecule has 1 aliphatic rings. The summed E-state index contributed by atoms with van der Waals surface area (Å²) in [6.07, 6.45) is 1.96. The van der Waals surface area contributed by atoms with E-state index in [4.69, 9.17) is 0 Å². The normalized spacial score (nSPS) is 16.6. The Balaban J connectivity index is 2.06. The first kappa shape index (κ1) is 15.1. The zero-order valence-electron chi connectivity index (χ0n) is 11.7. The summed E-state index contributed by atoms with van der Waals surface area (Å²) in [7, 11) is 0. The van der Waals surface area contributed by atoms with Crippen molar-refractivity contribution >= 4 is 5.78 Å². The molecule has 0 atom stereocenters. The van der Waals surface area contributed by atoms with Crippen molar-refractivity contribution in [2.75, 3.05) is 26.2 Å². The van der Waals surface area contributed by atoms with E-state index in [0.29, 0.717) is 6.04 Å². The van der Waals surface area contributed by atoms with E-state index in [1.165, 1.54) is 0 Å². The first-order valence-electron chi connectivity index (χ1n) is 7.05. The highest BCUT2D eigenvalue weighted by Crippen LogP contribution is 2.15. The second-order valence-corrected chi connectivity index (χ2v) is 5.09. The second kappa shape index (κ2) is 6.90. The molecule has 1 aromatic carbocycles. The molecule has 20 heavy (non-hydrogen) atoms. The van der Waals surface area contributed by atoms with Crippen LogP contribution in [0.15, 0.2) is 18.2 Å². The molecule has 0 unspecified atom stereocenters. The fourth-order valence-corrected chi connectivity index (χ4v) is 2.65. The molecule has 1 aliphatic heterocycles. The van der Waals surface area contributed by atoms with Gasteiger partial charge in [-0.25, -0.2) is 8.78 Å². The second-order valence-electron chi connectivity index (χ2n) is 5.09. The maximum atomic E-state index is 13.6. The summed E-state index contributed by atoms with van der Waals surface area (Å²) in [5.41, 5.74) is -0.155. The fourth-order valence-electron chi connectivity index (χ4n) is 2.65. The highest BCUT2D eigenvalue weighted by atomic mass is 19.1. The molecule has 0 aromatic heterocycles. The van der Waals surface area contributed by atoms with Gasteiger partial charge in [-0.2, -0.15) is 0 Å². The van der Waals surface area contributed by atoms with Crippen molar-refractivity contribution in [2.45, 2.75) is 25.8 Å². The topological polar surface area (TPSA) is 32.3 Å². The highest BCUT2D eigenvalue weighted by Gasteiger charge is 2.23. The molecule has 0 aliphatic carbocycles. The molecule has 0 radical (unpaired) electrons. The number of Topliss-reactive ketones (excluding diaryl/α,β-unsaturated/α-hetero) is 1. The van der Waals surface area contributed by atoms with Crippen LogP contribution in [0.1, 0.15) is 30.1 Å². The number of nitrogens with zero attached hydrogens (tertiary/aromatic N) is 1. The Morgan fingerprint density at radius 2 is 2.05 bits per heavy atom. The van der Waals surface area contributed by atoms with Crippen LogP contribution >= 0.6 is 0 Å². The quantitative estimate of drug-likeness (QED) is 0.841. The van der Waals surface area contributed by atoms with E-state index in [9.17, 15) is 13.6 Å². The van der Waals surface area contributed by atoms with Crippen LogP contribution in [-0.2, 0) is 0 Å². The summed E-state index contributed by atoms with van der Waals surface area (Å²) < 4.78 is 26.7. The number of carbonyl (C=O) groups is 1. The first-order valence-corrected chi connectivity index (χ1v) is 7.05. The molecular formula is C15H20F2N2O. The molecule has 5 heteroatoms. The summed E-state index contributed by atoms with van der Waals surface area (Å²) >= 11 is 0. The van der Waals surface area contributed by atoms with Crippen LogP contribution in [0, 0.1) is 11.6 Å². The minimum absolute atomic E-state index is 0.140. The Labute approximate surface area is 118 Å². The molecule has 1 aromatic rings. The van der Waals surface area contributed by atoms with Gasteiger partial charge >= 0.3 is 0 Å². The Hall–Kier alpha value is -1.33. The first-order chi connectivity index (χ1) is 9.61. The van der Waals surface area contributed by atoms with Crippen molar-refractivity contribution < 1.29 is 13.6 Å². The number of hydrogen-bond donors (Lipinski definition) is 1. The number of rotatable bonds is 5. The van der Waals surface area contributed by atoms with Crippen LogP contribution in [0.5, 0.6) is 0 Å². The lowest BCUT2D eigenvalue weighted by Crippen LogP contribution is -2.45. The molecule has 1 saturated heterocycles. The van der Waals surface area contributed by atoms with Crippen LogP contribution in [0.2, 0.25) is 0 Å².